The SMILES string of the molecule is CN(CCOCCOCCOCCOCCOCCOCCOCCBr)C(=O)OC(C)(C)C. The highest BCUT2D eigenvalue weighted by molar-refractivity contribution is 9.09. The normalized spacial score (nSPS) is 11.7. The fourth-order valence-electron chi connectivity index (χ4n) is 2.11. The number of carbonyl (C=O) groups excluding carboxylic acids is 1. The highest BCUT2D eigenvalue weighted by atomic mass is 79.9. The van der Waals surface area contributed by atoms with Crippen molar-refractivity contribution in [2.45, 2.75) is 26.4 Å². The molecule has 0 rings (SSSR count). The molecule has 0 saturated carbocycles. The average molecular weight is 546 g/mol. The number of hydrogen-bond donors (Lipinski definition) is 0. The molecule has 11 heteroatoms. The van der Waals surface area contributed by atoms with Gasteiger partial charge in [0.1, 0.15) is 5.60 Å². The Hall–Kier alpha value is -0.530. The van der Waals surface area contributed by atoms with Crippen molar-refractivity contribution in [3.63, 3.8) is 0 Å². The smallest absolute Gasteiger partial charge is 0.410 e. The minimum Gasteiger partial charge on any atom is -0.444 e. The van der Waals surface area contributed by atoms with Crippen LogP contribution >= 0.6 is 15.9 Å². The number of rotatable bonds is 23. The summed E-state index contributed by atoms with van der Waals surface area (Å²) >= 11 is 3.29. The summed E-state index contributed by atoms with van der Waals surface area (Å²) in [5.74, 6) is 0. The third kappa shape index (κ3) is 25.9. The van der Waals surface area contributed by atoms with Crippen molar-refractivity contribution in [2.24, 2.45) is 0 Å². The van der Waals surface area contributed by atoms with E-state index in [1.165, 1.54) is 4.90 Å². The van der Waals surface area contributed by atoms with E-state index >= 15 is 0 Å². The third-order valence-corrected chi connectivity index (χ3v) is 4.05. The number of halogens is 1. The van der Waals surface area contributed by atoms with Gasteiger partial charge in [0.2, 0.25) is 0 Å². The maximum Gasteiger partial charge on any atom is 0.410 e. The molecule has 0 radical (unpaired) electrons. The Kier molecular flexibility index (Phi) is 22.9. The lowest BCUT2D eigenvalue weighted by Gasteiger charge is -2.24. The molecule has 0 fully saturated rings. The van der Waals surface area contributed by atoms with Crippen molar-refractivity contribution in [3.8, 4) is 0 Å². The van der Waals surface area contributed by atoms with Crippen LogP contribution in [0.15, 0.2) is 0 Å². The highest BCUT2D eigenvalue weighted by Gasteiger charge is 2.19. The lowest BCUT2D eigenvalue weighted by molar-refractivity contribution is -0.0208. The molecule has 0 saturated heterocycles. The third-order valence-electron chi connectivity index (χ3n) is 3.73. The molecule has 0 aromatic rings. The zero-order valence-corrected chi connectivity index (χ0v) is 22.4. The largest absolute Gasteiger partial charge is 0.444 e. The first-order valence-corrected chi connectivity index (χ1v) is 12.5. The average Bonchev–Trinajstić information content (AvgIpc) is 2.76. The molecular formula is C22H44BrNO9. The minimum atomic E-state index is -0.499. The molecule has 0 unspecified atom stereocenters. The molecule has 0 atom stereocenters. The summed E-state index contributed by atoms with van der Waals surface area (Å²) in [6, 6.07) is 0. The Morgan fingerprint density at radius 1 is 0.606 bits per heavy atom. The van der Waals surface area contributed by atoms with Gasteiger partial charge in [-0.15, -0.1) is 0 Å². The van der Waals surface area contributed by atoms with Crippen LogP contribution in [-0.2, 0) is 37.9 Å². The molecule has 0 aliphatic rings. The van der Waals surface area contributed by atoms with Crippen molar-refractivity contribution in [2.75, 3.05) is 111 Å². The van der Waals surface area contributed by atoms with E-state index in [2.05, 4.69) is 15.9 Å². The van der Waals surface area contributed by atoms with E-state index in [4.69, 9.17) is 37.9 Å². The van der Waals surface area contributed by atoms with Crippen LogP contribution in [0.25, 0.3) is 0 Å². The lowest BCUT2D eigenvalue weighted by atomic mass is 10.2. The van der Waals surface area contributed by atoms with Gasteiger partial charge >= 0.3 is 6.09 Å². The maximum absolute atomic E-state index is 11.8. The first-order chi connectivity index (χ1) is 15.9. The van der Waals surface area contributed by atoms with Crippen LogP contribution in [0.1, 0.15) is 20.8 Å². The van der Waals surface area contributed by atoms with Crippen LogP contribution in [0.5, 0.6) is 0 Å². The highest BCUT2D eigenvalue weighted by Crippen LogP contribution is 2.08. The fraction of sp³-hybridized carbons (Fsp3) is 0.955. The van der Waals surface area contributed by atoms with E-state index in [1.807, 2.05) is 20.8 Å². The Balaban J connectivity index is 3.19. The van der Waals surface area contributed by atoms with Gasteiger partial charge in [0.25, 0.3) is 0 Å². The van der Waals surface area contributed by atoms with Crippen molar-refractivity contribution in [3.05, 3.63) is 0 Å². The second-order valence-electron chi connectivity index (χ2n) is 7.88. The van der Waals surface area contributed by atoms with Crippen molar-refractivity contribution in [1.82, 2.24) is 4.90 Å². The summed E-state index contributed by atoms with van der Waals surface area (Å²) in [7, 11) is 1.68. The number of hydrogen-bond acceptors (Lipinski definition) is 9. The predicted molar refractivity (Wildman–Crippen MR) is 128 cm³/mol. The Labute approximate surface area is 207 Å². The second-order valence-corrected chi connectivity index (χ2v) is 8.67. The molecule has 10 nitrogen and oxygen atoms in total. The van der Waals surface area contributed by atoms with Crippen LogP contribution < -0.4 is 0 Å². The summed E-state index contributed by atoms with van der Waals surface area (Å²) in [5, 5.41) is 0.837. The van der Waals surface area contributed by atoms with Gasteiger partial charge in [0.15, 0.2) is 0 Å². The second kappa shape index (κ2) is 23.2. The lowest BCUT2D eigenvalue weighted by Crippen LogP contribution is -2.36. The predicted octanol–water partition coefficient (Wildman–Crippen LogP) is 2.36. The molecule has 198 valence electrons. The summed E-state index contributed by atoms with van der Waals surface area (Å²) < 4.78 is 43.1. The Bertz CT molecular complexity index is 439. The molecule has 0 spiro atoms. The first kappa shape index (κ1) is 32.5. The molecular weight excluding hydrogens is 502 g/mol. The number of alkyl halides is 1. The first-order valence-electron chi connectivity index (χ1n) is 11.4. The number of ether oxygens (including phenoxy) is 8. The van der Waals surface area contributed by atoms with E-state index in [0.29, 0.717) is 99.0 Å². The Morgan fingerprint density at radius 2 is 0.909 bits per heavy atom. The van der Waals surface area contributed by atoms with Gasteiger partial charge in [-0.1, -0.05) is 15.9 Å². The zero-order valence-electron chi connectivity index (χ0n) is 20.8. The van der Waals surface area contributed by atoms with E-state index in [0.717, 1.165) is 5.33 Å². The maximum atomic E-state index is 11.8. The van der Waals surface area contributed by atoms with Gasteiger partial charge in [0, 0.05) is 18.9 Å². The van der Waals surface area contributed by atoms with Crippen molar-refractivity contribution < 1.29 is 42.7 Å². The Morgan fingerprint density at radius 3 is 1.21 bits per heavy atom. The molecule has 1 amide bonds. The molecule has 0 aliphatic heterocycles. The number of likely N-dealkylation sites (N-methyl/N-ethyl adjacent to an activating group) is 1. The minimum absolute atomic E-state index is 0.358. The van der Waals surface area contributed by atoms with E-state index in [9.17, 15) is 4.79 Å². The summed E-state index contributed by atoms with van der Waals surface area (Å²) in [6.45, 7) is 13.4. The van der Waals surface area contributed by atoms with Crippen LogP contribution in [0.2, 0.25) is 0 Å². The fourth-order valence-corrected chi connectivity index (χ4v) is 2.34. The van der Waals surface area contributed by atoms with Gasteiger partial charge in [-0.25, -0.2) is 4.79 Å². The quantitative estimate of drug-likeness (QED) is 0.141. The van der Waals surface area contributed by atoms with Crippen LogP contribution in [0.3, 0.4) is 0 Å². The molecule has 0 aromatic carbocycles. The van der Waals surface area contributed by atoms with Crippen molar-refractivity contribution in [1.29, 1.82) is 0 Å². The van der Waals surface area contributed by atoms with E-state index < -0.39 is 5.60 Å². The van der Waals surface area contributed by atoms with E-state index in [1.54, 1.807) is 7.05 Å². The molecule has 0 aromatic heterocycles. The van der Waals surface area contributed by atoms with Gasteiger partial charge in [-0.05, 0) is 20.8 Å². The summed E-state index contributed by atoms with van der Waals surface area (Å²) in [5.41, 5.74) is -0.499. The summed E-state index contributed by atoms with van der Waals surface area (Å²) in [4.78, 5) is 13.3. The summed E-state index contributed by atoms with van der Waals surface area (Å²) in [6.07, 6.45) is -0.358. The standard InChI is InChI=1S/C22H44BrNO9/c1-22(2,3)33-21(25)24(4)6-8-27-10-12-29-14-16-31-18-20-32-19-17-30-15-13-28-11-9-26-7-5-23/h5-20H2,1-4H3. The van der Waals surface area contributed by atoms with Gasteiger partial charge in [0.05, 0.1) is 92.5 Å². The monoisotopic (exact) mass is 545 g/mol. The van der Waals surface area contributed by atoms with Crippen LogP contribution in [0, 0.1) is 0 Å². The molecule has 0 bridgehead atoms. The van der Waals surface area contributed by atoms with Gasteiger partial charge < -0.3 is 42.8 Å². The number of nitrogens with zero attached hydrogens (tertiary/aromatic N) is 1. The molecule has 0 N–H and O–H groups in total. The van der Waals surface area contributed by atoms with Crippen molar-refractivity contribution >= 4 is 22.0 Å². The number of amides is 1. The van der Waals surface area contributed by atoms with Crippen LogP contribution in [-0.4, -0.2) is 128 Å². The van der Waals surface area contributed by atoms with Gasteiger partial charge in [-0.2, -0.15) is 0 Å². The molecule has 33 heavy (non-hydrogen) atoms. The van der Waals surface area contributed by atoms with E-state index in [-0.39, 0.29) is 6.09 Å². The zero-order chi connectivity index (χ0) is 24.6. The number of carbonyl (C=O) groups is 1. The molecule has 0 heterocycles. The van der Waals surface area contributed by atoms with Crippen LogP contribution in [0.4, 0.5) is 4.79 Å². The topological polar surface area (TPSA) is 94.2 Å². The van der Waals surface area contributed by atoms with Gasteiger partial charge in [-0.3, -0.25) is 0 Å². The molecule has 0 aliphatic carbocycles.